The summed E-state index contributed by atoms with van der Waals surface area (Å²) in [7, 11) is 0. The molecule has 3 aromatic heterocycles. The number of nitrogens with zero attached hydrogens (tertiary/aromatic N) is 4. The van der Waals surface area contributed by atoms with Crippen molar-refractivity contribution in [3.8, 4) is 0 Å². The van der Waals surface area contributed by atoms with Gasteiger partial charge in [-0.3, -0.25) is 14.6 Å². The highest BCUT2D eigenvalue weighted by Gasteiger charge is 2.26. The molecule has 0 saturated heterocycles. The van der Waals surface area contributed by atoms with Gasteiger partial charge in [0.25, 0.3) is 5.91 Å². The van der Waals surface area contributed by atoms with Gasteiger partial charge in [0.2, 0.25) is 5.91 Å². The van der Waals surface area contributed by atoms with Gasteiger partial charge in [-0.25, -0.2) is 13.9 Å². The van der Waals surface area contributed by atoms with E-state index in [-0.39, 0.29) is 35.3 Å². The molecule has 2 amide bonds. The molecule has 3 heterocycles. The summed E-state index contributed by atoms with van der Waals surface area (Å²) >= 11 is 0. The highest BCUT2D eigenvalue weighted by atomic mass is 19.1. The molecule has 5 rings (SSSR count). The van der Waals surface area contributed by atoms with E-state index in [2.05, 4.69) is 36.3 Å². The number of aromatic nitrogens is 4. The first-order valence-corrected chi connectivity index (χ1v) is 12.5. The Hall–Kier alpha value is -3.76. The Morgan fingerprint density at radius 2 is 1.69 bits per heavy atom. The van der Waals surface area contributed by atoms with E-state index in [1.165, 1.54) is 23.0 Å². The molecule has 10 nitrogen and oxygen atoms in total. The maximum Gasteiger partial charge on any atom is 0.276 e. The zero-order chi connectivity index (χ0) is 25.2. The highest BCUT2D eigenvalue weighted by Crippen LogP contribution is 2.30. The third-order valence-corrected chi connectivity index (χ3v) is 6.61. The topological polar surface area (TPSA) is 125 Å². The summed E-state index contributed by atoms with van der Waals surface area (Å²) in [6.45, 7) is 3.80. The van der Waals surface area contributed by atoms with Gasteiger partial charge in [-0.15, -0.1) is 5.10 Å². The number of hydrogen-bond acceptors (Lipinski definition) is 7. The standard InChI is InChI=1S/C25H31FN8O2/c1-14(2)24(35)31-17-7-5-16(6-8-17)30-22-11-20(29-15-3-4-15)23-28-13-21(34(23)33-22)25(36)32-19-9-10-27-12-18(19)26/h9-17,29H,3-8H2,1-2H3,(H,30,33)(H,31,35)(H,27,32,36). The number of imidazole rings is 1. The fourth-order valence-corrected chi connectivity index (χ4v) is 4.37. The lowest BCUT2D eigenvalue weighted by Crippen LogP contribution is -2.41. The molecule has 0 unspecified atom stereocenters. The molecule has 3 aromatic rings. The first-order chi connectivity index (χ1) is 17.4. The Morgan fingerprint density at radius 3 is 2.39 bits per heavy atom. The first-order valence-electron chi connectivity index (χ1n) is 12.5. The van der Waals surface area contributed by atoms with Crippen molar-refractivity contribution in [2.75, 3.05) is 16.0 Å². The molecule has 0 radical (unpaired) electrons. The van der Waals surface area contributed by atoms with Crippen molar-refractivity contribution < 1.29 is 14.0 Å². The Bertz CT molecular complexity index is 1260. The third kappa shape index (κ3) is 5.39. The normalized spacial score (nSPS) is 19.8. The predicted molar refractivity (Wildman–Crippen MR) is 134 cm³/mol. The predicted octanol–water partition coefficient (Wildman–Crippen LogP) is 3.59. The van der Waals surface area contributed by atoms with Crippen LogP contribution in [0.4, 0.5) is 21.6 Å². The van der Waals surface area contributed by atoms with Crippen LogP contribution in [0.3, 0.4) is 0 Å². The largest absolute Gasteiger partial charge is 0.379 e. The summed E-state index contributed by atoms with van der Waals surface area (Å²) in [4.78, 5) is 33.1. The lowest BCUT2D eigenvalue weighted by atomic mass is 9.91. The van der Waals surface area contributed by atoms with Crippen LogP contribution in [0.5, 0.6) is 0 Å². The maximum atomic E-state index is 14.0. The molecule has 2 aliphatic rings. The molecule has 190 valence electrons. The fourth-order valence-electron chi connectivity index (χ4n) is 4.37. The molecule has 0 atom stereocenters. The van der Waals surface area contributed by atoms with Gasteiger partial charge in [0, 0.05) is 36.3 Å². The lowest BCUT2D eigenvalue weighted by molar-refractivity contribution is -0.124. The van der Waals surface area contributed by atoms with Gasteiger partial charge in [-0.05, 0) is 44.6 Å². The minimum absolute atomic E-state index is 0.0224. The number of anilines is 3. The Labute approximate surface area is 208 Å². The van der Waals surface area contributed by atoms with E-state index < -0.39 is 11.7 Å². The number of fused-ring (bicyclic) bond motifs is 1. The fraction of sp³-hybridized carbons (Fsp3) is 0.480. The van der Waals surface area contributed by atoms with Gasteiger partial charge in [-0.1, -0.05) is 13.8 Å². The summed E-state index contributed by atoms with van der Waals surface area (Å²) in [5, 5.41) is 17.3. The first kappa shape index (κ1) is 24.0. The number of halogens is 1. The molecule has 2 aliphatic carbocycles. The van der Waals surface area contributed by atoms with Crippen molar-refractivity contribution in [1.82, 2.24) is 24.9 Å². The van der Waals surface area contributed by atoms with Crippen LogP contribution < -0.4 is 21.3 Å². The summed E-state index contributed by atoms with van der Waals surface area (Å²) < 4.78 is 15.5. The van der Waals surface area contributed by atoms with Crippen LogP contribution >= 0.6 is 0 Å². The van der Waals surface area contributed by atoms with E-state index in [4.69, 9.17) is 0 Å². The van der Waals surface area contributed by atoms with E-state index in [9.17, 15) is 14.0 Å². The summed E-state index contributed by atoms with van der Waals surface area (Å²) in [6, 6.07) is 4.10. The average Bonchev–Trinajstić information content (AvgIpc) is 3.57. The monoisotopic (exact) mass is 494 g/mol. The number of carbonyl (C=O) groups excluding carboxylic acids is 2. The van der Waals surface area contributed by atoms with E-state index in [0.29, 0.717) is 17.5 Å². The van der Waals surface area contributed by atoms with Crippen LogP contribution in [-0.4, -0.2) is 49.5 Å². The summed E-state index contributed by atoms with van der Waals surface area (Å²) in [6.07, 6.45) is 9.64. The van der Waals surface area contributed by atoms with Gasteiger partial charge in [-0.2, -0.15) is 0 Å². The molecular formula is C25H31FN8O2. The second kappa shape index (κ2) is 10.1. The molecule has 4 N–H and O–H groups in total. The average molecular weight is 495 g/mol. The van der Waals surface area contributed by atoms with Crippen molar-refractivity contribution in [3.63, 3.8) is 0 Å². The van der Waals surface area contributed by atoms with Crippen LogP contribution in [0.25, 0.3) is 5.65 Å². The Balaban J connectivity index is 1.34. The van der Waals surface area contributed by atoms with Crippen LogP contribution in [0, 0.1) is 11.7 Å². The maximum absolute atomic E-state index is 14.0. The minimum atomic E-state index is -0.619. The van der Waals surface area contributed by atoms with Crippen LogP contribution in [0.15, 0.2) is 30.7 Å². The van der Waals surface area contributed by atoms with E-state index in [1.807, 2.05) is 19.9 Å². The Morgan fingerprint density at radius 1 is 1.00 bits per heavy atom. The van der Waals surface area contributed by atoms with Gasteiger partial charge >= 0.3 is 0 Å². The molecule has 11 heteroatoms. The number of nitrogens with one attached hydrogen (secondary N) is 4. The van der Waals surface area contributed by atoms with E-state index in [1.54, 1.807) is 0 Å². The minimum Gasteiger partial charge on any atom is -0.379 e. The molecule has 0 spiro atoms. The second-order valence-corrected chi connectivity index (χ2v) is 9.91. The molecule has 0 aromatic carbocycles. The lowest BCUT2D eigenvalue weighted by Gasteiger charge is -2.30. The zero-order valence-electron chi connectivity index (χ0n) is 20.4. The van der Waals surface area contributed by atoms with Gasteiger partial charge < -0.3 is 21.3 Å². The van der Waals surface area contributed by atoms with E-state index in [0.717, 1.165) is 50.4 Å². The van der Waals surface area contributed by atoms with Crippen molar-refractivity contribution >= 4 is 34.7 Å². The van der Waals surface area contributed by atoms with Crippen LogP contribution in [0.1, 0.15) is 62.9 Å². The highest BCUT2D eigenvalue weighted by molar-refractivity contribution is 6.03. The van der Waals surface area contributed by atoms with Crippen molar-refractivity contribution in [2.24, 2.45) is 5.92 Å². The quantitative estimate of drug-likeness (QED) is 0.377. The van der Waals surface area contributed by atoms with Gasteiger partial charge in [0.1, 0.15) is 5.82 Å². The van der Waals surface area contributed by atoms with Crippen molar-refractivity contribution in [2.45, 2.75) is 70.5 Å². The molecule has 2 saturated carbocycles. The third-order valence-electron chi connectivity index (χ3n) is 6.61. The molecule has 36 heavy (non-hydrogen) atoms. The molecule has 0 aliphatic heterocycles. The van der Waals surface area contributed by atoms with Crippen LogP contribution in [0.2, 0.25) is 0 Å². The second-order valence-electron chi connectivity index (χ2n) is 9.91. The number of rotatable bonds is 8. The van der Waals surface area contributed by atoms with E-state index >= 15 is 0 Å². The smallest absolute Gasteiger partial charge is 0.276 e. The molecular weight excluding hydrogens is 463 g/mol. The van der Waals surface area contributed by atoms with Crippen molar-refractivity contribution in [3.05, 3.63) is 42.2 Å². The SMILES string of the molecule is CC(C)C(=O)NC1CCC(Nc2cc(NC3CC3)c3ncc(C(=O)Nc4ccncc4F)n3n2)CC1. The summed E-state index contributed by atoms with van der Waals surface area (Å²) in [5.41, 5.74) is 1.57. The van der Waals surface area contributed by atoms with Gasteiger partial charge in [0.15, 0.2) is 17.2 Å². The Kier molecular flexibility index (Phi) is 6.71. The number of pyridine rings is 1. The number of carbonyl (C=O) groups is 2. The van der Waals surface area contributed by atoms with Crippen molar-refractivity contribution in [1.29, 1.82) is 0 Å². The molecule has 2 fully saturated rings. The number of hydrogen-bond donors (Lipinski definition) is 4. The molecule has 0 bridgehead atoms. The summed E-state index contributed by atoms with van der Waals surface area (Å²) in [5.74, 6) is -0.442. The number of amides is 2. The van der Waals surface area contributed by atoms with Crippen LogP contribution in [-0.2, 0) is 4.79 Å². The zero-order valence-corrected chi connectivity index (χ0v) is 20.4. The van der Waals surface area contributed by atoms with Gasteiger partial charge in [0.05, 0.1) is 23.8 Å².